The van der Waals surface area contributed by atoms with Gasteiger partial charge in [-0.25, -0.2) is 4.98 Å². The minimum Gasteiger partial charge on any atom is -0.338 e. The van der Waals surface area contributed by atoms with E-state index in [1.165, 1.54) is 22.9 Å². The van der Waals surface area contributed by atoms with Gasteiger partial charge >= 0.3 is 0 Å². The van der Waals surface area contributed by atoms with Crippen LogP contribution < -0.4 is 5.32 Å². The first-order valence-electron chi connectivity index (χ1n) is 10.5. The van der Waals surface area contributed by atoms with E-state index in [2.05, 4.69) is 51.5 Å². The summed E-state index contributed by atoms with van der Waals surface area (Å²) < 4.78 is 1.90. The molecular formula is C25H22N6OS. The Kier molecular flexibility index (Phi) is 5.66. The summed E-state index contributed by atoms with van der Waals surface area (Å²) >= 11 is 1.35. The number of amides is 1. The number of aromatic amines is 1. The number of para-hydroxylation sites is 2. The van der Waals surface area contributed by atoms with E-state index in [-0.39, 0.29) is 11.7 Å². The molecule has 0 fully saturated rings. The monoisotopic (exact) mass is 454 g/mol. The molecule has 3 aromatic carbocycles. The molecule has 0 aliphatic carbocycles. The fourth-order valence-corrected chi connectivity index (χ4v) is 4.27. The fourth-order valence-electron chi connectivity index (χ4n) is 3.54. The molecule has 164 valence electrons. The second-order valence-electron chi connectivity index (χ2n) is 7.77. The lowest BCUT2D eigenvalue weighted by atomic mass is 10.1. The summed E-state index contributed by atoms with van der Waals surface area (Å²) in [6.45, 7) is 4.15. The van der Waals surface area contributed by atoms with E-state index in [0.29, 0.717) is 10.8 Å². The van der Waals surface area contributed by atoms with Crippen molar-refractivity contribution in [3.8, 4) is 17.1 Å². The standard InChI is InChI=1S/C25H22N6OS/c1-16-10-11-20(12-17(16)2)31-15-26-30-25(31)33-14-23(32)27-19-7-5-6-18(13-19)24-28-21-8-3-4-9-22(21)29-24/h3-13,15H,14H2,1-2H3,(H,27,32)(H,28,29). The number of imidazole rings is 1. The average molecular weight is 455 g/mol. The third-order valence-electron chi connectivity index (χ3n) is 5.43. The molecule has 7 nitrogen and oxygen atoms in total. The number of carbonyl (C=O) groups excluding carboxylic acids is 1. The normalized spacial score (nSPS) is 11.1. The van der Waals surface area contributed by atoms with E-state index in [1.54, 1.807) is 6.33 Å². The zero-order valence-electron chi connectivity index (χ0n) is 18.2. The lowest BCUT2D eigenvalue weighted by Gasteiger charge is -2.09. The molecule has 0 unspecified atom stereocenters. The SMILES string of the molecule is Cc1ccc(-n2cnnc2SCC(=O)Nc2cccc(-c3nc4ccccc4[nH]3)c2)cc1C. The molecule has 5 rings (SSSR count). The number of thioether (sulfide) groups is 1. The van der Waals surface area contributed by atoms with E-state index in [4.69, 9.17) is 0 Å². The number of H-pyrrole nitrogens is 1. The number of aromatic nitrogens is 5. The van der Waals surface area contributed by atoms with Crippen molar-refractivity contribution in [3.63, 3.8) is 0 Å². The molecule has 1 amide bonds. The van der Waals surface area contributed by atoms with Gasteiger partial charge in [0.1, 0.15) is 12.2 Å². The molecule has 0 spiro atoms. The molecule has 0 atom stereocenters. The fraction of sp³-hybridized carbons (Fsp3) is 0.120. The number of hydrogen-bond donors (Lipinski definition) is 2. The van der Waals surface area contributed by atoms with Crippen LogP contribution >= 0.6 is 11.8 Å². The van der Waals surface area contributed by atoms with E-state index in [9.17, 15) is 4.79 Å². The zero-order chi connectivity index (χ0) is 22.8. The van der Waals surface area contributed by atoms with Gasteiger partial charge in [-0.05, 0) is 61.4 Å². The summed E-state index contributed by atoms with van der Waals surface area (Å²) in [6, 6.07) is 21.7. The van der Waals surface area contributed by atoms with Crippen molar-refractivity contribution >= 4 is 34.4 Å². The average Bonchev–Trinajstić information content (AvgIpc) is 3.47. The van der Waals surface area contributed by atoms with Crippen molar-refractivity contribution in [1.29, 1.82) is 0 Å². The van der Waals surface area contributed by atoms with Crippen LogP contribution in [0.1, 0.15) is 11.1 Å². The molecule has 0 saturated carbocycles. The quantitative estimate of drug-likeness (QED) is 0.346. The van der Waals surface area contributed by atoms with Crippen LogP contribution in [0.25, 0.3) is 28.1 Å². The van der Waals surface area contributed by atoms with E-state index < -0.39 is 0 Å². The number of fused-ring (bicyclic) bond motifs is 1. The maximum absolute atomic E-state index is 12.6. The maximum atomic E-state index is 12.6. The Hall–Kier alpha value is -3.91. The largest absolute Gasteiger partial charge is 0.338 e. The predicted octanol–water partition coefficient (Wildman–Crippen LogP) is 5.16. The van der Waals surface area contributed by atoms with Gasteiger partial charge in [0.05, 0.1) is 16.8 Å². The van der Waals surface area contributed by atoms with Crippen molar-refractivity contribution in [3.05, 3.63) is 84.2 Å². The van der Waals surface area contributed by atoms with Crippen LogP contribution in [-0.4, -0.2) is 36.4 Å². The van der Waals surface area contributed by atoms with Gasteiger partial charge in [-0.1, -0.05) is 42.1 Å². The lowest BCUT2D eigenvalue weighted by Crippen LogP contribution is -2.14. The van der Waals surface area contributed by atoms with Gasteiger partial charge in [-0.15, -0.1) is 10.2 Å². The summed E-state index contributed by atoms with van der Waals surface area (Å²) in [5, 5.41) is 11.8. The number of aryl methyl sites for hydroxylation is 2. The van der Waals surface area contributed by atoms with Gasteiger partial charge in [0, 0.05) is 16.9 Å². The van der Waals surface area contributed by atoms with Crippen molar-refractivity contribution < 1.29 is 4.79 Å². The van der Waals surface area contributed by atoms with Crippen molar-refractivity contribution in [2.24, 2.45) is 0 Å². The third kappa shape index (κ3) is 4.51. The van der Waals surface area contributed by atoms with Crippen molar-refractivity contribution in [1.82, 2.24) is 24.7 Å². The van der Waals surface area contributed by atoms with Crippen LogP contribution in [0.3, 0.4) is 0 Å². The first-order chi connectivity index (χ1) is 16.1. The predicted molar refractivity (Wildman–Crippen MR) is 132 cm³/mol. The van der Waals surface area contributed by atoms with Crippen LogP contribution in [0.15, 0.2) is 78.2 Å². The number of carbonyl (C=O) groups is 1. The summed E-state index contributed by atoms with van der Waals surface area (Å²) in [5.74, 6) is 0.873. The number of nitrogens with zero attached hydrogens (tertiary/aromatic N) is 4. The summed E-state index contributed by atoms with van der Waals surface area (Å²) in [5.41, 5.74) is 6.91. The third-order valence-corrected chi connectivity index (χ3v) is 6.37. The molecular weight excluding hydrogens is 432 g/mol. The number of hydrogen-bond acceptors (Lipinski definition) is 5. The molecule has 33 heavy (non-hydrogen) atoms. The Morgan fingerprint density at radius 2 is 1.91 bits per heavy atom. The highest BCUT2D eigenvalue weighted by Crippen LogP contribution is 2.24. The zero-order valence-corrected chi connectivity index (χ0v) is 19.1. The number of benzene rings is 3. The smallest absolute Gasteiger partial charge is 0.234 e. The summed E-state index contributed by atoms with van der Waals surface area (Å²) in [7, 11) is 0. The van der Waals surface area contributed by atoms with Crippen LogP contribution in [0, 0.1) is 13.8 Å². The minimum atomic E-state index is -0.114. The number of rotatable bonds is 6. The Bertz CT molecular complexity index is 1420. The maximum Gasteiger partial charge on any atom is 0.234 e. The lowest BCUT2D eigenvalue weighted by molar-refractivity contribution is -0.113. The van der Waals surface area contributed by atoms with E-state index in [0.717, 1.165) is 28.1 Å². The Labute approximate surface area is 195 Å². The van der Waals surface area contributed by atoms with E-state index in [1.807, 2.05) is 59.2 Å². The van der Waals surface area contributed by atoms with Crippen LogP contribution in [0.4, 0.5) is 5.69 Å². The van der Waals surface area contributed by atoms with Crippen molar-refractivity contribution in [2.45, 2.75) is 19.0 Å². The van der Waals surface area contributed by atoms with E-state index >= 15 is 0 Å². The van der Waals surface area contributed by atoms with Gasteiger partial charge in [-0.3, -0.25) is 9.36 Å². The molecule has 5 aromatic rings. The van der Waals surface area contributed by atoms with Gasteiger partial charge in [0.15, 0.2) is 5.16 Å². The Balaban J connectivity index is 1.26. The molecule has 8 heteroatoms. The summed E-state index contributed by atoms with van der Waals surface area (Å²) in [4.78, 5) is 20.6. The molecule has 0 radical (unpaired) electrons. The number of anilines is 1. The van der Waals surface area contributed by atoms with Crippen molar-refractivity contribution in [2.75, 3.05) is 11.1 Å². The van der Waals surface area contributed by atoms with Gasteiger partial charge in [-0.2, -0.15) is 0 Å². The molecule has 0 bridgehead atoms. The molecule has 0 saturated heterocycles. The van der Waals surface area contributed by atoms with Gasteiger partial charge < -0.3 is 10.3 Å². The van der Waals surface area contributed by atoms with Crippen LogP contribution in [0.2, 0.25) is 0 Å². The first-order valence-corrected chi connectivity index (χ1v) is 11.5. The van der Waals surface area contributed by atoms with Crippen LogP contribution in [-0.2, 0) is 4.79 Å². The van der Waals surface area contributed by atoms with Gasteiger partial charge in [0.2, 0.25) is 5.91 Å². The molecule has 2 N–H and O–H groups in total. The topological polar surface area (TPSA) is 88.5 Å². The van der Waals surface area contributed by atoms with Gasteiger partial charge in [0.25, 0.3) is 0 Å². The van der Waals surface area contributed by atoms with Crippen LogP contribution in [0.5, 0.6) is 0 Å². The molecule has 2 heterocycles. The first kappa shape index (κ1) is 21.0. The highest BCUT2D eigenvalue weighted by molar-refractivity contribution is 7.99. The highest BCUT2D eigenvalue weighted by atomic mass is 32.2. The summed E-state index contributed by atoms with van der Waals surface area (Å²) in [6.07, 6.45) is 1.67. The highest BCUT2D eigenvalue weighted by Gasteiger charge is 2.12. The number of nitrogens with one attached hydrogen (secondary N) is 2. The second-order valence-corrected chi connectivity index (χ2v) is 8.71. The molecule has 0 aliphatic heterocycles. The molecule has 2 aromatic heterocycles. The minimum absolute atomic E-state index is 0.114. The molecule has 0 aliphatic rings. The Morgan fingerprint density at radius 3 is 2.76 bits per heavy atom. The second kappa shape index (κ2) is 8.91. The Morgan fingerprint density at radius 1 is 1.03 bits per heavy atom.